The van der Waals surface area contributed by atoms with Gasteiger partial charge in [-0.2, -0.15) is 0 Å². The number of hydrogen-bond acceptors (Lipinski definition) is 8. The number of halogens is 1. The largest absolute Gasteiger partial charge is 0.461 e. The van der Waals surface area contributed by atoms with Crippen LogP contribution in [0.2, 0.25) is 5.02 Å². The smallest absolute Gasteiger partial charge is 0.356 e. The van der Waals surface area contributed by atoms with Crippen LogP contribution in [0.15, 0.2) is 42.3 Å². The molecular formula is C20H19ClN6O2S. The Labute approximate surface area is 182 Å². The average Bonchev–Trinajstić information content (AvgIpc) is 3.29. The summed E-state index contributed by atoms with van der Waals surface area (Å²) in [6.45, 7) is 6.01. The zero-order valence-electron chi connectivity index (χ0n) is 16.6. The van der Waals surface area contributed by atoms with Gasteiger partial charge in [-0.25, -0.2) is 19.7 Å². The lowest BCUT2D eigenvalue weighted by Crippen LogP contribution is -2.30. The van der Waals surface area contributed by atoms with Crippen molar-refractivity contribution in [3.8, 4) is 11.3 Å². The summed E-state index contributed by atoms with van der Waals surface area (Å²) in [5.74, 6) is 0.0672. The van der Waals surface area contributed by atoms with E-state index in [0.29, 0.717) is 39.6 Å². The number of fused-ring (bicyclic) bond motifs is 1. The van der Waals surface area contributed by atoms with E-state index in [9.17, 15) is 4.79 Å². The zero-order chi connectivity index (χ0) is 21.3. The first-order valence-electron chi connectivity index (χ1n) is 9.24. The van der Waals surface area contributed by atoms with Crippen molar-refractivity contribution >= 4 is 39.8 Å². The van der Waals surface area contributed by atoms with E-state index in [0.717, 1.165) is 5.56 Å². The first kappa shape index (κ1) is 20.2. The maximum Gasteiger partial charge on any atom is 0.356 e. The Balaban J connectivity index is 1.57. The second-order valence-electron chi connectivity index (χ2n) is 7.00. The molecule has 0 spiro atoms. The highest BCUT2D eigenvalue weighted by Crippen LogP contribution is 2.29. The summed E-state index contributed by atoms with van der Waals surface area (Å²) < 4.78 is 6.81. The van der Waals surface area contributed by atoms with E-state index in [1.54, 1.807) is 53.6 Å². The van der Waals surface area contributed by atoms with Crippen molar-refractivity contribution in [3.05, 3.63) is 58.7 Å². The van der Waals surface area contributed by atoms with Gasteiger partial charge in [0.2, 0.25) is 5.95 Å². The number of esters is 1. The number of aromatic nitrogens is 5. The molecule has 0 unspecified atom stereocenters. The summed E-state index contributed by atoms with van der Waals surface area (Å²) in [7, 11) is 0. The van der Waals surface area contributed by atoms with Crippen LogP contribution in [0.4, 0.5) is 5.95 Å². The van der Waals surface area contributed by atoms with Crippen molar-refractivity contribution in [2.24, 2.45) is 0 Å². The fourth-order valence-electron chi connectivity index (χ4n) is 2.98. The predicted molar refractivity (Wildman–Crippen MR) is 116 cm³/mol. The number of carbonyl (C=O) groups excluding carboxylic acids is 1. The summed E-state index contributed by atoms with van der Waals surface area (Å²) in [5, 5.41) is 5.57. The van der Waals surface area contributed by atoms with Gasteiger partial charge in [-0.3, -0.25) is 9.38 Å². The van der Waals surface area contributed by atoms with Crippen LogP contribution < -0.4 is 5.32 Å². The van der Waals surface area contributed by atoms with Gasteiger partial charge in [0.1, 0.15) is 5.69 Å². The molecule has 0 atom stereocenters. The Morgan fingerprint density at radius 3 is 2.77 bits per heavy atom. The second-order valence-corrected chi connectivity index (χ2v) is 8.24. The maximum atomic E-state index is 12.1. The molecule has 154 valence electrons. The van der Waals surface area contributed by atoms with Crippen LogP contribution in [0.3, 0.4) is 0 Å². The van der Waals surface area contributed by atoms with Crippen LogP contribution in [0.1, 0.15) is 37.0 Å². The quantitative estimate of drug-likeness (QED) is 0.441. The van der Waals surface area contributed by atoms with Crippen LogP contribution >= 0.6 is 22.9 Å². The lowest BCUT2D eigenvalue weighted by atomic mass is 10.00. The molecule has 0 aromatic carbocycles. The Bertz CT molecular complexity index is 1200. The third kappa shape index (κ3) is 3.86. The molecular weight excluding hydrogens is 424 g/mol. The van der Waals surface area contributed by atoms with Crippen LogP contribution in [-0.2, 0) is 10.3 Å². The van der Waals surface area contributed by atoms with Crippen molar-refractivity contribution in [1.82, 2.24) is 24.3 Å². The van der Waals surface area contributed by atoms with E-state index < -0.39 is 5.54 Å². The van der Waals surface area contributed by atoms with Gasteiger partial charge in [0.15, 0.2) is 4.96 Å². The molecule has 0 aliphatic carbocycles. The van der Waals surface area contributed by atoms with E-state index >= 15 is 0 Å². The maximum absolute atomic E-state index is 12.1. The fourth-order valence-corrected chi connectivity index (χ4v) is 4.18. The van der Waals surface area contributed by atoms with E-state index in [-0.39, 0.29) is 5.97 Å². The Kier molecular flexibility index (Phi) is 5.40. The molecule has 0 fully saturated rings. The van der Waals surface area contributed by atoms with Crippen LogP contribution in [0, 0.1) is 0 Å². The van der Waals surface area contributed by atoms with E-state index in [4.69, 9.17) is 16.3 Å². The van der Waals surface area contributed by atoms with Crippen molar-refractivity contribution in [3.63, 3.8) is 0 Å². The van der Waals surface area contributed by atoms with Crippen LogP contribution in [0.25, 0.3) is 16.2 Å². The predicted octanol–water partition coefficient (Wildman–Crippen LogP) is 4.43. The number of nitrogens with zero attached hydrogens (tertiary/aromatic N) is 5. The SMILES string of the molecule is CCOC(=O)c1csc2nc(-c3cnc(NC(C)(C)c4ncccc4Cl)nc3)cn12. The summed E-state index contributed by atoms with van der Waals surface area (Å²) >= 11 is 7.65. The minimum Gasteiger partial charge on any atom is -0.461 e. The first-order valence-corrected chi connectivity index (χ1v) is 10.5. The number of anilines is 1. The average molecular weight is 443 g/mol. The molecule has 4 aromatic heterocycles. The first-order chi connectivity index (χ1) is 14.4. The Morgan fingerprint density at radius 1 is 1.30 bits per heavy atom. The summed E-state index contributed by atoms with van der Waals surface area (Å²) in [6, 6.07) is 3.59. The molecule has 4 heterocycles. The zero-order valence-corrected chi connectivity index (χ0v) is 18.2. The number of rotatable bonds is 6. The van der Waals surface area contributed by atoms with Gasteiger partial charge in [-0.15, -0.1) is 11.3 Å². The number of nitrogens with one attached hydrogen (secondary N) is 1. The highest BCUT2D eigenvalue weighted by atomic mass is 35.5. The minimum atomic E-state index is -0.564. The van der Waals surface area contributed by atoms with E-state index in [2.05, 4.69) is 25.3 Å². The number of ether oxygens (including phenoxy) is 1. The summed E-state index contributed by atoms with van der Waals surface area (Å²) in [5.41, 5.74) is 2.00. The third-order valence-electron chi connectivity index (χ3n) is 4.42. The standard InChI is InChI=1S/C20H19ClN6O2S/c1-4-29-17(28)15-11-30-19-25-14(10-27(15)19)12-8-23-18(24-9-12)26-20(2,3)16-13(21)6-5-7-22-16/h5-11H,4H2,1-3H3,(H,23,24,26). The van der Waals surface area contributed by atoms with Crippen molar-refractivity contribution in [1.29, 1.82) is 0 Å². The molecule has 0 bridgehead atoms. The lowest BCUT2D eigenvalue weighted by Gasteiger charge is -2.26. The van der Waals surface area contributed by atoms with Crippen molar-refractivity contribution in [2.75, 3.05) is 11.9 Å². The molecule has 0 amide bonds. The minimum absolute atomic E-state index is 0.320. The summed E-state index contributed by atoms with van der Waals surface area (Å²) in [4.78, 5) is 30.5. The van der Waals surface area contributed by atoms with Gasteiger partial charge in [0.05, 0.1) is 28.6 Å². The monoisotopic (exact) mass is 442 g/mol. The molecule has 1 N–H and O–H groups in total. The van der Waals surface area contributed by atoms with E-state index in [1.807, 2.05) is 13.8 Å². The molecule has 0 aliphatic heterocycles. The fraction of sp³-hybridized carbons (Fsp3) is 0.250. The lowest BCUT2D eigenvalue weighted by molar-refractivity contribution is 0.0518. The Morgan fingerprint density at radius 2 is 2.07 bits per heavy atom. The van der Waals surface area contributed by atoms with Crippen molar-refractivity contribution < 1.29 is 9.53 Å². The summed E-state index contributed by atoms with van der Waals surface area (Å²) in [6.07, 6.45) is 6.84. The molecule has 30 heavy (non-hydrogen) atoms. The molecule has 0 saturated carbocycles. The molecule has 0 aliphatic rings. The number of hydrogen-bond donors (Lipinski definition) is 1. The normalized spacial score (nSPS) is 11.6. The van der Waals surface area contributed by atoms with Crippen LogP contribution in [-0.4, -0.2) is 36.9 Å². The van der Waals surface area contributed by atoms with Crippen LogP contribution in [0.5, 0.6) is 0 Å². The highest BCUT2D eigenvalue weighted by Gasteiger charge is 2.25. The molecule has 0 saturated heterocycles. The number of pyridine rings is 1. The third-order valence-corrected chi connectivity index (χ3v) is 5.56. The molecule has 0 radical (unpaired) electrons. The number of thiazole rings is 1. The molecule has 10 heteroatoms. The Hall–Kier alpha value is -3.04. The highest BCUT2D eigenvalue weighted by molar-refractivity contribution is 7.15. The number of imidazole rings is 1. The second kappa shape index (κ2) is 8.00. The van der Waals surface area contributed by atoms with Gasteiger partial charge in [0.25, 0.3) is 0 Å². The molecule has 8 nitrogen and oxygen atoms in total. The van der Waals surface area contributed by atoms with Gasteiger partial charge >= 0.3 is 5.97 Å². The topological polar surface area (TPSA) is 94.3 Å². The van der Waals surface area contributed by atoms with E-state index in [1.165, 1.54) is 11.3 Å². The van der Waals surface area contributed by atoms with Crippen molar-refractivity contribution in [2.45, 2.75) is 26.3 Å². The van der Waals surface area contributed by atoms with Gasteiger partial charge in [-0.1, -0.05) is 11.6 Å². The van der Waals surface area contributed by atoms with Gasteiger partial charge < -0.3 is 10.1 Å². The molecule has 4 aromatic rings. The van der Waals surface area contributed by atoms with Gasteiger partial charge in [0, 0.05) is 35.7 Å². The number of carbonyl (C=O) groups is 1. The van der Waals surface area contributed by atoms with Gasteiger partial charge in [-0.05, 0) is 32.9 Å². The molecule has 4 rings (SSSR count).